The molecule has 0 aliphatic carbocycles. The molecule has 0 unspecified atom stereocenters. The summed E-state index contributed by atoms with van der Waals surface area (Å²) in [6.07, 6.45) is 2.42. The molecule has 4 aromatic rings. The first-order valence-electron chi connectivity index (χ1n) is 10.7. The summed E-state index contributed by atoms with van der Waals surface area (Å²) in [7, 11) is 0. The molecule has 1 aromatic heterocycles. The van der Waals surface area contributed by atoms with Crippen molar-refractivity contribution in [3.8, 4) is 17.0 Å². The SMILES string of the molecule is O=C(COc1ccc(Br)cc1C=NNc1nc(-c2ccccc2)cs1)NCCc1ccccc1. The predicted octanol–water partition coefficient (Wildman–Crippen LogP) is 5.76. The smallest absolute Gasteiger partial charge is 0.257 e. The number of hydrogen-bond acceptors (Lipinski definition) is 6. The van der Waals surface area contributed by atoms with Gasteiger partial charge in [-0.15, -0.1) is 11.3 Å². The van der Waals surface area contributed by atoms with Crippen LogP contribution in [0.4, 0.5) is 5.13 Å². The fourth-order valence-electron chi connectivity index (χ4n) is 3.16. The second-order valence-electron chi connectivity index (χ2n) is 7.33. The number of nitrogens with zero attached hydrogens (tertiary/aromatic N) is 2. The van der Waals surface area contributed by atoms with Crippen LogP contribution in [0.25, 0.3) is 11.3 Å². The number of rotatable bonds is 10. The van der Waals surface area contributed by atoms with Crippen LogP contribution in [0.3, 0.4) is 0 Å². The Bertz CT molecular complexity index is 1250. The van der Waals surface area contributed by atoms with Gasteiger partial charge in [-0.1, -0.05) is 76.6 Å². The van der Waals surface area contributed by atoms with E-state index in [2.05, 4.69) is 36.8 Å². The Labute approximate surface area is 210 Å². The van der Waals surface area contributed by atoms with Crippen molar-refractivity contribution < 1.29 is 9.53 Å². The third-order valence-electron chi connectivity index (χ3n) is 4.85. The minimum absolute atomic E-state index is 0.0718. The van der Waals surface area contributed by atoms with E-state index in [-0.39, 0.29) is 12.5 Å². The Balaban J connectivity index is 1.30. The zero-order valence-corrected chi connectivity index (χ0v) is 20.7. The van der Waals surface area contributed by atoms with E-state index in [0.717, 1.165) is 27.7 Å². The molecule has 0 aliphatic heterocycles. The van der Waals surface area contributed by atoms with Gasteiger partial charge in [-0.05, 0) is 30.2 Å². The van der Waals surface area contributed by atoms with Crippen molar-refractivity contribution in [3.05, 3.63) is 99.8 Å². The van der Waals surface area contributed by atoms with Gasteiger partial charge < -0.3 is 10.1 Å². The van der Waals surface area contributed by atoms with E-state index in [9.17, 15) is 4.79 Å². The first-order valence-corrected chi connectivity index (χ1v) is 12.4. The van der Waals surface area contributed by atoms with Gasteiger partial charge in [-0.2, -0.15) is 5.10 Å². The van der Waals surface area contributed by atoms with Crippen molar-refractivity contribution >= 4 is 44.5 Å². The molecule has 0 aliphatic rings. The molecule has 0 radical (unpaired) electrons. The van der Waals surface area contributed by atoms with Gasteiger partial charge in [0, 0.05) is 27.5 Å². The van der Waals surface area contributed by atoms with Crippen molar-refractivity contribution in [3.63, 3.8) is 0 Å². The number of aromatic nitrogens is 1. The lowest BCUT2D eigenvalue weighted by atomic mass is 10.1. The van der Waals surface area contributed by atoms with Crippen LogP contribution in [0.15, 0.2) is 93.8 Å². The maximum atomic E-state index is 12.2. The maximum Gasteiger partial charge on any atom is 0.257 e. The van der Waals surface area contributed by atoms with Gasteiger partial charge in [-0.3, -0.25) is 10.2 Å². The molecule has 0 saturated carbocycles. The third-order valence-corrected chi connectivity index (χ3v) is 6.09. The van der Waals surface area contributed by atoms with E-state index in [1.54, 1.807) is 12.3 Å². The van der Waals surface area contributed by atoms with Gasteiger partial charge in [-0.25, -0.2) is 4.98 Å². The molecule has 4 rings (SSSR count). The molecule has 2 N–H and O–H groups in total. The number of benzene rings is 3. The standard InChI is InChI=1S/C26H23BrN4O2S/c27-22-11-12-24(33-17-25(32)28-14-13-19-7-3-1-4-8-19)21(15-22)16-29-31-26-30-23(18-34-26)20-9-5-2-6-10-20/h1-12,15-16,18H,13-14,17H2,(H,28,32)(H,30,31). The number of anilines is 1. The minimum atomic E-state index is -0.170. The molecule has 172 valence electrons. The van der Waals surface area contributed by atoms with Crippen LogP contribution < -0.4 is 15.5 Å². The van der Waals surface area contributed by atoms with Crippen LogP contribution in [-0.2, 0) is 11.2 Å². The molecule has 1 amide bonds. The van der Waals surface area contributed by atoms with Crippen LogP contribution >= 0.6 is 27.3 Å². The van der Waals surface area contributed by atoms with E-state index in [4.69, 9.17) is 4.74 Å². The van der Waals surface area contributed by atoms with Gasteiger partial charge in [0.2, 0.25) is 5.13 Å². The predicted molar refractivity (Wildman–Crippen MR) is 142 cm³/mol. The van der Waals surface area contributed by atoms with E-state index in [1.807, 2.05) is 78.2 Å². The number of carbonyl (C=O) groups excluding carboxylic acids is 1. The minimum Gasteiger partial charge on any atom is -0.483 e. The average Bonchev–Trinajstić information content (AvgIpc) is 3.34. The van der Waals surface area contributed by atoms with E-state index in [1.165, 1.54) is 16.9 Å². The molecule has 8 heteroatoms. The van der Waals surface area contributed by atoms with Crippen molar-refractivity contribution in [2.45, 2.75) is 6.42 Å². The first kappa shape index (κ1) is 23.7. The zero-order valence-electron chi connectivity index (χ0n) is 18.3. The summed E-state index contributed by atoms with van der Waals surface area (Å²) in [5.41, 5.74) is 6.83. The third kappa shape index (κ3) is 7.00. The fourth-order valence-corrected chi connectivity index (χ4v) is 4.21. The van der Waals surface area contributed by atoms with E-state index in [0.29, 0.717) is 17.4 Å². The Morgan fingerprint density at radius 2 is 1.82 bits per heavy atom. The molecular weight excluding hydrogens is 512 g/mol. The first-order chi connectivity index (χ1) is 16.7. The number of ether oxygens (including phenoxy) is 1. The molecule has 6 nitrogen and oxygen atoms in total. The number of thiazole rings is 1. The lowest BCUT2D eigenvalue weighted by molar-refractivity contribution is -0.123. The van der Waals surface area contributed by atoms with Crippen molar-refractivity contribution in [1.82, 2.24) is 10.3 Å². The number of hydrazone groups is 1. The van der Waals surface area contributed by atoms with Crippen molar-refractivity contribution in [1.29, 1.82) is 0 Å². The highest BCUT2D eigenvalue weighted by Gasteiger charge is 2.08. The highest BCUT2D eigenvalue weighted by molar-refractivity contribution is 9.10. The van der Waals surface area contributed by atoms with Gasteiger partial charge in [0.05, 0.1) is 11.9 Å². The summed E-state index contributed by atoms with van der Waals surface area (Å²) in [6.45, 7) is 0.487. The molecule has 0 saturated heterocycles. The van der Waals surface area contributed by atoms with Crippen molar-refractivity contribution in [2.75, 3.05) is 18.6 Å². The molecule has 0 fully saturated rings. The summed E-state index contributed by atoms with van der Waals surface area (Å²) in [5, 5.41) is 9.86. The van der Waals surface area contributed by atoms with Gasteiger partial charge >= 0.3 is 0 Å². The number of nitrogens with one attached hydrogen (secondary N) is 2. The van der Waals surface area contributed by atoms with Gasteiger partial charge in [0.1, 0.15) is 5.75 Å². The summed E-state index contributed by atoms with van der Waals surface area (Å²) >= 11 is 4.95. The lowest BCUT2D eigenvalue weighted by Crippen LogP contribution is -2.30. The molecule has 34 heavy (non-hydrogen) atoms. The quantitative estimate of drug-likeness (QED) is 0.200. The maximum absolute atomic E-state index is 12.2. The molecule has 3 aromatic carbocycles. The van der Waals surface area contributed by atoms with E-state index >= 15 is 0 Å². The Morgan fingerprint density at radius 3 is 2.62 bits per heavy atom. The second kappa shape index (κ2) is 12.1. The summed E-state index contributed by atoms with van der Waals surface area (Å²) in [4.78, 5) is 16.8. The zero-order chi connectivity index (χ0) is 23.6. The Morgan fingerprint density at radius 1 is 1.06 bits per heavy atom. The largest absolute Gasteiger partial charge is 0.483 e. The lowest BCUT2D eigenvalue weighted by Gasteiger charge is -2.10. The summed E-state index contributed by atoms with van der Waals surface area (Å²) in [5.74, 6) is 0.396. The Hall–Kier alpha value is -3.49. The van der Waals surface area contributed by atoms with Crippen LogP contribution in [0.5, 0.6) is 5.75 Å². The van der Waals surface area contributed by atoms with Crippen molar-refractivity contribution in [2.24, 2.45) is 5.10 Å². The van der Waals surface area contributed by atoms with Crippen LogP contribution in [0.2, 0.25) is 0 Å². The number of hydrogen-bond donors (Lipinski definition) is 2. The monoisotopic (exact) mass is 534 g/mol. The van der Waals surface area contributed by atoms with E-state index < -0.39 is 0 Å². The molecule has 0 spiro atoms. The second-order valence-corrected chi connectivity index (χ2v) is 9.10. The van der Waals surface area contributed by atoms with Crippen LogP contribution in [-0.4, -0.2) is 30.3 Å². The highest BCUT2D eigenvalue weighted by Crippen LogP contribution is 2.25. The topological polar surface area (TPSA) is 75.6 Å². The van der Waals surface area contributed by atoms with Gasteiger partial charge in [0.15, 0.2) is 6.61 Å². The van der Waals surface area contributed by atoms with Crippen LogP contribution in [0.1, 0.15) is 11.1 Å². The number of amides is 1. The summed E-state index contributed by atoms with van der Waals surface area (Å²) in [6, 6.07) is 25.6. The summed E-state index contributed by atoms with van der Waals surface area (Å²) < 4.78 is 6.64. The number of halogens is 1. The van der Waals surface area contributed by atoms with Gasteiger partial charge in [0.25, 0.3) is 5.91 Å². The molecule has 1 heterocycles. The average molecular weight is 535 g/mol. The fraction of sp³-hybridized carbons (Fsp3) is 0.115. The molecule has 0 atom stereocenters. The molecular formula is C26H23BrN4O2S. The normalized spacial score (nSPS) is 10.9. The number of carbonyl (C=O) groups is 1. The van der Waals surface area contributed by atoms with Crippen LogP contribution in [0, 0.1) is 0 Å². The highest BCUT2D eigenvalue weighted by atomic mass is 79.9. The Kier molecular flexibility index (Phi) is 8.43. The molecule has 0 bridgehead atoms.